The van der Waals surface area contributed by atoms with Gasteiger partial charge in [-0.05, 0) is 57.6 Å². The Bertz CT molecular complexity index is 1010. The number of anilines is 1. The molecular weight excluding hydrogens is 808 g/mol. The Morgan fingerprint density at radius 1 is 0.593 bits per heavy atom. The summed E-state index contributed by atoms with van der Waals surface area (Å²) < 4.78 is 0. The first-order valence-corrected chi connectivity index (χ1v) is 20.4. The second-order valence-corrected chi connectivity index (χ2v) is 10.6. The van der Waals surface area contributed by atoms with Crippen LogP contribution in [-0.4, -0.2) is 94.0 Å². The van der Waals surface area contributed by atoms with Crippen LogP contribution in [0.5, 0.6) is 0 Å². The van der Waals surface area contributed by atoms with Gasteiger partial charge in [0.15, 0.2) is 0 Å². The van der Waals surface area contributed by atoms with E-state index >= 15 is 0 Å². The van der Waals surface area contributed by atoms with E-state index < -0.39 is 0 Å². The van der Waals surface area contributed by atoms with E-state index in [0.717, 1.165) is 59.9 Å². The second kappa shape index (κ2) is 57.3. The molecule has 2 fully saturated rings. The number of piperidine rings is 2. The van der Waals surface area contributed by atoms with E-state index in [1.165, 1.54) is 64.2 Å². The van der Waals surface area contributed by atoms with Crippen molar-refractivity contribution in [3.8, 4) is 0 Å². The Balaban J connectivity index is -0.000000106. The molecule has 0 saturated carbocycles. The molecule has 4 heterocycles. The minimum absolute atomic E-state index is 0. The topological polar surface area (TPSA) is 58.0 Å². The largest absolute Gasteiger partial charge is 0.410 e. The van der Waals surface area contributed by atoms with Crippen molar-refractivity contribution >= 4 is 60.0 Å². The van der Waals surface area contributed by atoms with Crippen LogP contribution in [0.4, 0.5) is 5.82 Å². The van der Waals surface area contributed by atoms with Gasteiger partial charge in [0.05, 0.1) is 7.28 Å². The summed E-state index contributed by atoms with van der Waals surface area (Å²) in [6, 6.07) is 0. The first-order chi connectivity index (χ1) is 25.4. The number of likely N-dealkylation sites (tertiary alicyclic amines) is 1. The van der Waals surface area contributed by atoms with Crippen molar-refractivity contribution in [3.05, 3.63) is 48.3 Å². The summed E-state index contributed by atoms with van der Waals surface area (Å²) in [6.07, 6.45) is 18.5. The monoisotopic (exact) mass is 887 g/mol. The predicted molar refractivity (Wildman–Crippen MR) is 244 cm³/mol. The first-order valence-electron chi connectivity index (χ1n) is 20.4. The van der Waals surface area contributed by atoms with Crippen LogP contribution in [0, 0.1) is 25.6 Å². The van der Waals surface area contributed by atoms with Crippen LogP contribution in [0.2, 0.25) is 47.8 Å². The van der Waals surface area contributed by atoms with Crippen molar-refractivity contribution in [1.82, 2.24) is 24.8 Å². The zero-order valence-corrected chi connectivity index (χ0v) is 43.9. The van der Waals surface area contributed by atoms with E-state index in [1.54, 1.807) is 6.08 Å². The Hall–Kier alpha value is -0.0675. The predicted octanol–water partition coefficient (Wildman–Crippen LogP) is 9.48. The van der Waals surface area contributed by atoms with Crippen LogP contribution < -0.4 is 10.5 Å². The molecule has 2 aromatic rings. The third-order valence-electron chi connectivity index (χ3n) is 6.54. The zero-order chi connectivity index (χ0) is 41.0. The molecule has 0 amide bonds. The average Bonchev–Trinajstić information content (AvgIpc) is 3.23. The molecule has 297 valence electrons. The fourth-order valence-corrected chi connectivity index (χ4v) is 4.41. The Morgan fingerprint density at radius 3 is 1.30 bits per heavy atom. The van der Waals surface area contributed by atoms with Gasteiger partial charge in [-0.2, -0.15) is 5.59 Å². The van der Waals surface area contributed by atoms with Crippen LogP contribution in [0.15, 0.2) is 0 Å². The molecule has 0 N–H and O–H groups in total. The van der Waals surface area contributed by atoms with Crippen molar-refractivity contribution in [2.24, 2.45) is 0 Å². The average molecular weight is 887 g/mol. The quantitative estimate of drug-likeness (QED) is 0.185. The van der Waals surface area contributed by atoms with Crippen LogP contribution in [-0.2, 0) is 78.1 Å². The van der Waals surface area contributed by atoms with Gasteiger partial charge in [0.25, 0.3) is 0 Å². The fourth-order valence-electron chi connectivity index (χ4n) is 4.41. The van der Waals surface area contributed by atoms with Gasteiger partial charge < -0.3 is 55.0 Å². The molecule has 0 aromatic carbocycles. The molecule has 2 aliphatic heterocycles. The summed E-state index contributed by atoms with van der Waals surface area (Å²) in [5, 5.41) is 0. The zero-order valence-electron chi connectivity index (χ0n) is 38.2. The van der Waals surface area contributed by atoms with Crippen molar-refractivity contribution in [2.75, 3.05) is 37.6 Å². The molecule has 0 atom stereocenters. The summed E-state index contributed by atoms with van der Waals surface area (Å²) in [5.74, 6) is 2.54. The van der Waals surface area contributed by atoms with Gasteiger partial charge in [0, 0.05) is 90.2 Å². The fraction of sp³-hybridized carbons (Fsp3) is 0.707. The van der Waals surface area contributed by atoms with E-state index in [2.05, 4.69) is 56.3 Å². The van der Waals surface area contributed by atoms with Crippen LogP contribution >= 0.6 is 0 Å². The third-order valence-corrected chi connectivity index (χ3v) is 6.54. The minimum Gasteiger partial charge on any atom is -0.410 e. The first kappa shape index (κ1) is 68.6. The number of aromatic nitrogens is 4. The van der Waals surface area contributed by atoms with Gasteiger partial charge in [-0.15, -0.1) is 12.4 Å². The number of hydrogen-bond acceptors (Lipinski definition) is 6. The molecule has 0 unspecified atom stereocenters. The Labute approximate surface area is 393 Å². The Morgan fingerprint density at radius 2 is 0.963 bits per heavy atom. The molecule has 7 radical (unpaired) electrons. The van der Waals surface area contributed by atoms with Crippen LogP contribution in [0.25, 0.3) is 12.2 Å². The summed E-state index contributed by atoms with van der Waals surface area (Å²) in [4.78, 5) is 22.0. The molecule has 2 aromatic heterocycles. The standard InChI is InChI=1S/C13H17BN3.C9H10B2N2.C7H15N.2C2H6B.4C2H6.2Y/c1-3-11-10-15-12(9-14-2)16-13(11)17-7-5-4-6-8-17;1-4-7-6-12-8(5-10-2)13-9(7)11-3;1-2-8-6-4-3-5-7-8;2*1-3-2;4*1-2;;/h1,3H,4-9H2,2H3;1,4H,5H2,2-3H3;2-7H2,1H3;2*1-2H3;4*1-2H3;;/q2*-2;;;;;;;;;. The molecule has 4 rings (SSSR count). The van der Waals surface area contributed by atoms with Gasteiger partial charge in [0.2, 0.25) is 0 Å². The number of rotatable bonds is 9. The van der Waals surface area contributed by atoms with Crippen LogP contribution in [0.1, 0.15) is 124 Å². The van der Waals surface area contributed by atoms with Gasteiger partial charge in [-0.25, -0.2) is 5.56 Å². The summed E-state index contributed by atoms with van der Waals surface area (Å²) in [6.45, 7) is 49.2. The molecule has 0 bridgehead atoms. The van der Waals surface area contributed by atoms with Crippen molar-refractivity contribution in [1.29, 1.82) is 0 Å². The van der Waals surface area contributed by atoms with Gasteiger partial charge >= 0.3 is 0 Å². The molecule has 2 aliphatic rings. The van der Waals surface area contributed by atoms with Gasteiger partial charge in [0.1, 0.15) is 29.1 Å². The molecule has 6 nitrogen and oxygen atoms in total. The van der Waals surface area contributed by atoms with Gasteiger partial charge in [-0.3, -0.25) is 5.56 Å². The number of nitrogens with zero attached hydrogens (tertiary/aromatic N) is 6. The van der Waals surface area contributed by atoms with Crippen molar-refractivity contribution in [3.63, 3.8) is 0 Å². The maximum absolute atomic E-state index is 5.61. The molecule has 2 saturated heterocycles. The normalized spacial score (nSPS) is 11.7. The van der Waals surface area contributed by atoms with E-state index in [9.17, 15) is 0 Å². The van der Waals surface area contributed by atoms with Crippen molar-refractivity contribution in [2.45, 2.75) is 161 Å². The third kappa shape index (κ3) is 37.5. The molecule has 0 aliphatic carbocycles. The molecule has 54 heavy (non-hydrogen) atoms. The summed E-state index contributed by atoms with van der Waals surface area (Å²) in [7, 11) is 9.96. The maximum atomic E-state index is 5.61. The van der Waals surface area contributed by atoms with E-state index in [4.69, 9.17) is 13.2 Å². The van der Waals surface area contributed by atoms with Crippen LogP contribution in [0.3, 0.4) is 0 Å². The van der Waals surface area contributed by atoms with E-state index in [1.807, 2.05) is 132 Å². The minimum atomic E-state index is 0. The Kier molecular flexibility index (Phi) is 72.7. The van der Waals surface area contributed by atoms with E-state index in [-0.39, 0.29) is 65.4 Å². The summed E-state index contributed by atoms with van der Waals surface area (Å²) in [5.41, 5.74) is 2.41. The smallest absolute Gasteiger partial charge is 0.104 e. The van der Waals surface area contributed by atoms with Gasteiger partial charge in [-0.1, -0.05) is 129 Å². The second-order valence-electron chi connectivity index (χ2n) is 10.6. The van der Waals surface area contributed by atoms with Crippen molar-refractivity contribution < 1.29 is 65.4 Å². The molecular formula is C41H78B5N6Y2-4. The summed E-state index contributed by atoms with van der Waals surface area (Å²) >= 11 is 0. The number of hydrogen-bond donors (Lipinski definition) is 0. The molecule has 13 heteroatoms. The molecule has 0 spiro atoms. The van der Waals surface area contributed by atoms with E-state index in [0.29, 0.717) is 0 Å². The SMILES string of the molecule is CC.CC.CC.CC.CCN1CCCCC1.C[B]C.C[B]C.[CH-]=Cc1[c-]nc(C[B]C)nc1N1CCCCC1.[CH-]=Cc1[c-]nc(C[B]C)nc1[B]C.[Y].[Y]. The maximum Gasteiger partial charge on any atom is 0.104 e.